The molecule has 3 aromatic rings. The van der Waals surface area contributed by atoms with Gasteiger partial charge >= 0.3 is 0 Å². The van der Waals surface area contributed by atoms with Gasteiger partial charge in [0.25, 0.3) is 0 Å². The summed E-state index contributed by atoms with van der Waals surface area (Å²) in [5, 5.41) is 1.01. The van der Waals surface area contributed by atoms with Crippen molar-refractivity contribution in [3.05, 3.63) is 71.4 Å². The number of carbonyl (C=O) groups is 1. The number of H-pyrrole nitrogens is 1. The van der Waals surface area contributed by atoms with E-state index in [4.69, 9.17) is 0 Å². The molecule has 1 aromatic heterocycles. The van der Waals surface area contributed by atoms with E-state index in [1.165, 1.54) is 5.56 Å². The van der Waals surface area contributed by atoms with Crippen LogP contribution in [0, 0.1) is 6.92 Å². The van der Waals surface area contributed by atoms with Gasteiger partial charge in [-0.25, -0.2) is 0 Å². The first-order valence-electron chi connectivity index (χ1n) is 6.39. The van der Waals surface area contributed by atoms with E-state index in [-0.39, 0.29) is 5.78 Å². The Labute approximate surface area is 112 Å². The Kier molecular flexibility index (Phi) is 2.92. The van der Waals surface area contributed by atoms with E-state index in [1.54, 1.807) is 0 Å². The first-order valence-corrected chi connectivity index (χ1v) is 6.39. The number of benzene rings is 2. The maximum atomic E-state index is 12.4. The van der Waals surface area contributed by atoms with Crippen LogP contribution in [-0.4, -0.2) is 10.8 Å². The minimum Gasteiger partial charge on any atom is -0.360 e. The van der Waals surface area contributed by atoms with Crippen LogP contribution in [0.3, 0.4) is 0 Å². The van der Waals surface area contributed by atoms with Gasteiger partial charge in [0.05, 0.1) is 0 Å². The second-order valence-electron chi connectivity index (χ2n) is 4.84. The van der Waals surface area contributed by atoms with Crippen LogP contribution < -0.4 is 0 Å². The van der Waals surface area contributed by atoms with Crippen LogP contribution in [-0.2, 0) is 6.42 Å². The third kappa shape index (κ3) is 2.29. The van der Waals surface area contributed by atoms with Crippen molar-refractivity contribution < 1.29 is 4.79 Å². The maximum Gasteiger partial charge on any atom is 0.169 e. The van der Waals surface area contributed by atoms with Crippen molar-refractivity contribution in [1.82, 2.24) is 4.98 Å². The van der Waals surface area contributed by atoms with E-state index < -0.39 is 0 Å². The highest BCUT2D eigenvalue weighted by atomic mass is 16.1. The van der Waals surface area contributed by atoms with E-state index in [0.717, 1.165) is 22.0 Å². The molecule has 3 rings (SSSR count). The summed E-state index contributed by atoms with van der Waals surface area (Å²) < 4.78 is 0. The molecule has 0 saturated carbocycles. The van der Waals surface area contributed by atoms with E-state index in [0.29, 0.717) is 6.42 Å². The van der Waals surface area contributed by atoms with Crippen LogP contribution >= 0.6 is 0 Å². The fraction of sp³-hybridized carbons (Fsp3) is 0.118. The summed E-state index contributed by atoms with van der Waals surface area (Å²) in [6, 6.07) is 16.0. The van der Waals surface area contributed by atoms with Gasteiger partial charge in [-0.05, 0) is 24.6 Å². The van der Waals surface area contributed by atoms with Crippen LogP contribution in [0.4, 0.5) is 0 Å². The topological polar surface area (TPSA) is 32.9 Å². The Morgan fingerprint density at radius 1 is 1.11 bits per heavy atom. The number of hydrogen-bond donors (Lipinski definition) is 1. The van der Waals surface area contributed by atoms with Crippen molar-refractivity contribution in [2.45, 2.75) is 13.3 Å². The first-order chi connectivity index (χ1) is 9.24. The number of aryl methyl sites for hydroxylation is 1. The van der Waals surface area contributed by atoms with E-state index in [9.17, 15) is 4.79 Å². The average Bonchev–Trinajstić information content (AvgIpc) is 2.82. The zero-order chi connectivity index (χ0) is 13.2. The summed E-state index contributed by atoms with van der Waals surface area (Å²) in [6.45, 7) is 2.04. The van der Waals surface area contributed by atoms with Gasteiger partial charge in [-0.3, -0.25) is 4.79 Å². The minimum absolute atomic E-state index is 0.156. The Morgan fingerprint density at radius 3 is 2.68 bits per heavy atom. The van der Waals surface area contributed by atoms with E-state index in [2.05, 4.69) is 11.1 Å². The van der Waals surface area contributed by atoms with E-state index >= 15 is 0 Å². The molecule has 0 aliphatic rings. The maximum absolute atomic E-state index is 12.4. The van der Waals surface area contributed by atoms with Gasteiger partial charge in [-0.15, -0.1) is 0 Å². The molecule has 0 atom stereocenters. The van der Waals surface area contributed by atoms with Crippen LogP contribution in [0.25, 0.3) is 10.9 Å². The van der Waals surface area contributed by atoms with Gasteiger partial charge in [0.2, 0.25) is 0 Å². The van der Waals surface area contributed by atoms with Crippen molar-refractivity contribution >= 4 is 16.7 Å². The number of carbonyl (C=O) groups excluding carboxylic acids is 1. The molecular formula is C17H15NO. The number of ketones is 1. The normalized spacial score (nSPS) is 10.8. The average molecular weight is 249 g/mol. The zero-order valence-electron chi connectivity index (χ0n) is 10.8. The summed E-state index contributed by atoms with van der Waals surface area (Å²) in [5.41, 5.74) is 4.01. The van der Waals surface area contributed by atoms with Crippen molar-refractivity contribution in [3.63, 3.8) is 0 Å². The highest BCUT2D eigenvalue weighted by Gasteiger charge is 2.12. The minimum atomic E-state index is 0.156. The van der Waals surface area contributed by atoms with Crippen LogP contribution in [0.15, 0.2) is 54.7 Å². The summed E-state index contributed by atoms with van der Waals surface area (Å²) >= 11 is 0. The molecule has 0 aliphatic carbocycles. The molecule has 0 aliphatic heterocycles. The molecule has 0 fully saturated rings. The number of nitrogens with one attached hydrogen (secondary N) is 1. The fourth-order valence-electron chi connectivity index (χ4n) is 2.34. The van der Waals surface area contributed by atoms with E-state index in [1.807, 2.05) is 55.6 Å². The van der Waals surface area contributed by atoms with Crippen molar-refractivity contribution in [1.29, 1.82) is 0 Å². The molecule has 19 heavy (non-hydrogen) atoms. The molecule has 2 nitrogen and oxygen atoms in total. The second-order valence-corrected chi connectivity index (χ2v) is 4.84. The number of hydrogen-bond acceptors (Lipinski definition) is 1. The highest BCUT2D eigenvalue weighted by molar-refractivity contribution is 6.08. The Bertz CT molecular complexity index is 725. The lowest BCUT2D eigenvalue weighted by molar-refractivity contribution is 0.0994. The quantitative estimate of drug-likeness (QED) is 0.701. The molecule has 1 N–H and O–H groups in total. The molecule has 94 valence electrons. The number of fused-ring (bicyclic) bond motifs is 1. The lowest BCUT2D eigenvalue weighted by Crippen LogP contribution is -2.02. The predicted molar refractivity (Wildman–Crippen MR) is 77.5 cm³/mol. The number of rotatable bonds is 3. The molecule has 0 amide bonds. The predicted octanol–water partition coefficient (Wildman–Crippen LogP) is 3.90. The largest absolute Gasteiger partial charge is 0.360 e. The SMILES string of the molecule is Cc1ccc2[nH]cc(C(=O)Cc3ccccc3)c2c1. The van der Waals surface area contributed by atoms with Gasteiger partial charge < -0.3 is 4.98 Å². The molecule has 0 unspecified atom stereocenters. The summed E-state index contributed by atoms with van der Waals surface area (Å²) in [7, 11) is 0. The highest BCUT2D eigenvalue weighted by Crippen LogP contribution is 2.21. The lowest BCUT2D eigenvalue weighted by Gasteiger charge is -2.01. The van der Waals surface area contributed by atoms with Gasteiger partial charge in [0, 0.05) is 29.1 Å². The third-order valence-corrected chi connectivity index (χ3v) is 3.35. The Hall–Kier alpha value is -2.35. The smallest absolute Gasteiger partial charge is 0.169 e. The van der Waals surface area contributed by atoms with Gasteiger partial charge in [0.15, 0.2) is 5.78 Å². The van der Waals surface area contributed by atoms with Gasteiger partial charge in [-0.1, -0.05) is 42.0 Å². The lowest BCUT2D eigenvalue weighted by atomic mass is 10.0. The fourth-order valence-corrected chi connectivity index (χ4v) is 2.34. The first kappa shape index (κ1) is 11.7. The molecule has 2 aromatic carbocycles. The van der Waals surface area contributed by atoms with Crippen molar-refractivity contribution in [2.24, 2.45) is 0 Å². The number of aromatic nitrogens is 1. The number of aromatic amines is 1. The van der Waals surface area contributed by atoms with Gasteiger partial charge in [0.1, 0.15) is 0 Å². The molecule has 0 radical (unpaired) electrons. The van der Waals surface area contributed by atoms with Crippen LogP contribution in [0.1, 0.15) is 21.5 Å². The molecule has 2 heteroatoms. The molecular weight excluding hydrogens is 234 g/mol. The summed E-state index contributed by atoms with van der Waals surface area (Å²) in [4.78, 5) is 15.5. The Morgan fingerprint density at radius 2 is 1.89 bits per heavy atom. The second kappa shape index (κ2) is 4.73. The zero-order valence-corrected chi connectivity index (χ0v) is 10.8. The monoisotopic (exact) mass is 249 g/mol. The van der Waals surface area contributed by atoms with Crippen LogP contribution in [0.2, 0.25) is 0 Å². The summed E-state index contributed by atoms with van der Waals surface area (Å²) in [6.07, 6.45) is 2.26. The number of Topliss-reactive ketones (excluding diaryl/α,β-unsaturated/α-hetero) is 1. The summed E-state index contributed by atoms with van der Waals surface area (Å²) in [5.74, 6) is 0.156. The van der Waals surface area contributed by atoms with Crippen LogP contribution in [0.5, 0.6) is 0 Å². The van der Waals surface area contributed by atoms with Gasteiger partial charge in [-0.2, -0.15) is 0 Å². The molecule has 0 bridgehead atoms. The third-order valence-electron chi connectivity index (χ3n) is 3.35. The molecule has 1 heterocycles. The molecule has 0 saturated heterocycles. The van der Waals surface area contributed by atoms with Crippen molar-refractivity contribution in [2.75, 3.05) is 0 Å². The standard InChI is InChI=1S/C17H15NO/c1-12-7-8-16-14(9-12)15(11-18-16)17(19)10-13-5-3-2-4-6-13/h2-9,11,18H,10H2,1H3. The Balaban J connectivity index is 1.96. The van der Waals surface area contributed by atoms with Crippen molar-refractivity contribution in [3.8, 4) is 0 Å². The molecule has 0 spiro atoms.